The van der Waals surface area contributed by atoms with E-state index in [0.717, 1.165) is 15.2 Å². The fourth-order valence-corrected chi connectivity index (χ4v) is 3.69. The highest BCUT2D eigenvalue weighted by molar-refractivity contribution is 7.23. The number of thiazole rings is 1. The van der Waals surface area contributed by atoms with Gasteiger partial charge in [0.05, 0.1) is 21.5 Å². The molecule has 0 spiro atoms. The van der Waals surface area contributed by atoms with Crippen molar-refractivity contribution >= 4 is 38.5 Å². The van der Waals surface area contributed by atoms with E-state index in [2.05, 4.69) is 4.98 Å². The van der Waals surface area contributed by atoms with Crippen LogP contribution in [0.15, 0.2) is 48.7 Å². The third kappa shape index (κ3) is 2.64. The number of carbonyl (C=O) groups is 2. The fraction of sp³-hybridized carbons (Fsp3) is 0.0556. The van der Waals surface area contributed by atoms with Crippen LogP contribution in [0.2, 0.25) is 0 Å². The summed E-state index contributed by atoms with van der Waals surface area (Å²) >= 11 is 1.55. The Hall–Kier alpha value is -3.19. The molecule has 6 nitrogen and oxygen atoms in total. The average molecular weight is 352 g/mol. The molecule has 0 amide bonds. The summed E-state index contributed by atoms with van der Waals surface area (Å²) in [5.41, 5.74) is 2.27. The van der Waals surface area contributed by atoms with E-state index in [4.69, 9.17) is 9.84 Å². The molecule has 124 valence electrons. The summed E-state index contributed by atoms with van der Waals surface area (Å²) in [6.07, 6.45) is 1.86. The molecule has 7 heteroatoms. The van der Waals surface area contributed by atoms with Gasteiger partial charge in [-0.3, -0.25) is 9.20 Å². The van der Waals surface area contributed by atoms with Crippen LogP contribution < -0.4 is 4.74 Å². The molecule has 2 heterocycles. The second-order valence-electron chi connectivity index (χ2n) is 5.46. The number of aromatic carboxylic acids is 1. The molecule has 4 aromatic rings. The minimum atomic E-state index is -1.09. The third-order valence-corrected chi connectivity index (χ3v) is 4.79. The van der Waals surface area contributed by atoms with Crippen LogP contribution in [-0.4, -0.2) is 26.4 Å². The summed E-state index contributed by atoms with van der Waals surface area (Å²) in [4.78, 5) is 28.0. The van der Waals surface area contributed by atoms with Gasteiger partial charge in [-0.2, -0.15) is 0 Å². The summed E-state index contributed by atoms with van der Waals surface area (Å²) in [5.74, 6) is -1.42. The number of benzene rings is 2. The first-order chi connectivity index (χ1) is 12.0. The SMILES string of the molecule is CC(=O)Oc1cc(C(=O)O)ccc1-c1cn2c(n1)sc1ccccc12. The Morgan fingerprint density at radius 1 is 1.20 bits per heavy atom. The van der Waals surface area contributed by atoms with Crippen LogP contribution in [0.5, 0.6) is 5.75 Å². The molecule has 0 aliphatic carbocycles. The average Bonchev–Trinajstić information content (AvgIpc) is 3.11. The molecule has 0 fully saturated rings. The summed E-state index contributed by atoms with van der Waals surface area (Å²) in [6.45, 7) is 1.27. The van der Waals surface area contributed by atoms with Crippen molar-refractivity contribution in [1.29, 1.82) is 0 Å². The quantitative estimate of drug-likeness (QED) is 0.447. The van der Waals surface area contributed by atoms with E-state index in [1.54, 1.807) is 17.4 Å². The molecular weight excluding hydrogens is 340 g/mol. The Kier molecular flexibility index (Phi) is 3.51. The molecule has 0 atom stereocenters. The van der Waals surface area contributed by atoms with Crippen LogP contribution in [0.4, 0.5) is 0 Å². The van der Waals surface area contributed by atoms with E-state index >= 15 is 0 Å². The number of ether oxygens (including phenoxy) is 1. The third-order valence-electron chi connectivity index (χ3n) is 3.76. The molecule has 1 N–H and O–H groups in total. The van der Waals surface area contributed by atoms with Crippen molar-refractivity contribution in [3.63, 3.8) is 0 Å². The zero-order chi connectivity index (χ0) is 17.6. The largest absolute Gasteiger partial charge is 0.478 e. The zero-order valence-corrected chi connectivity index (χ0v) is 13.9. The number of esters is 1. The lowest BCUT2D eigenvalue weighted by molar-refractivity contribution is -0.131. The Balaban J connectivity index is 1.89. The minimum absolute atomic E-state index is 0.0477. The number of rotatable bonds is 3. The number of hydrogen-bond donors (Lipinski definition) is 1. The molecule has 0 bridgehead atoms. The van der Waals surface area contributed by atoms with E-state index < -0.39 is 11.9 Å². The molecule has 0 saturated carbocycles. The second-order valence-corrected chi connectivity index (χ2v) is 6.47. The van der Waals surface area contributed by atoms with Crippen molar-refractivity contribution < 1.29 is 19.4 Å². The highest BCUT2D eigenvalue weighted by atomic mass is 32.1. The molecule has 0 saturated heterocycles. The Morgan fingerprint density at radius 3 is 2.76 bits per heavy atom. The summed E-state index contributed by atoms with van der Waals surface area (Å²) in [7, 11) is 0. The molecule has 4 rings (SSSR count). The van der Waals surface area contributed by atoms with E-state index in [1.807, 2.05) is 34.9 Å². The lowest BCUT2D eigenvalue weighted by Crippen LogP contribution is -2.05. The van der Waals surface area contributed by atoms with Crippen molar-refractivity contribution in [2.45, 2.75) is 6.92 Å². The number of para-hydroxylation sites is 1. The molecule has 0 aliphatic rings. The number of hydrogen-bond acceptors (Lipinski definition) is 5. The second kappa shape index (κ2) is 5.71. The number of carboxylic acids is 1. The highest BCUT2D eigenvalue weighted by Gasteiger charge is 2.17. The van der Waals surface area contributed by atoms with Crippen LogP contribution in [0.3, 0.4) is 0 Å². The lowest BCUT2D eigenvalue weighted by atomic mass is 10.1. The molecule has 0 unspecified atom stereocenters. The normalized spacial score (nSPS) is 11.1. The molecule has 25 heavy (non-hydrogen) atoms. The number of carbonyl (C=O) groups excluding carboxylic acids is 1. The van der Waals surface area contributed by atoms with Crippen molar-refractivity contribution in [3.05, 3.63) is 54.2 Å². The maximum Gasteiger partial charge on any atom is 0.335 e. The number of imidazole rings is 1. The van der Waals surface area contributed by atoms with Gasteiger partial charge in [0.1, 0.15) is 5.75 Å². The van der Waals surface area contributed by atoms with Gasteiger partial charge in [-0.15, -0.1) is 0 Å². The zero-order valence-electron chi connectivity index (χ0n) is 13.1. The van der Waals surface area contributed by atoms with Crippen LogP contribution in [-0.2, 0) is 4.79 Å². The first-order valence-electron chi connectivity index (χ1n) is 7.46. The number of aromatic nitrogens is 2. The van der Waals surface area contributed by atoms with Crippen LogP contribution in [0, 0.1) is 0 Å². The van der Waals surface area contributed by atoms with Crippen molar-refractivity contribution in [2.75, 3.05) is 0 Å². The van der Waals surface area contributed by atoms with Gasteiger partial charge < -0.3 is 9.84 Å². The minimum Gasteiger partial charge on any atom is -0.478 e. The topological polar surface area (TPSA) is 80.9 Å². The van der Waals surface area contributed by atoms with Gasteiger partial charge in [0, 0.05) is 18.7 Å². The lowest BCUT2D eigenvalue weighted by Gasteiger charge is -2.08. The molecular formula is C18H12N2O4S. The summed E-state index contributed by atoms with van der Waals surface area (Å²) < 4.78 is 8.30. The van der Waals surface area contributed by atoms with Gasteiger partial charge in [-0.25, -0.2) is 9.78 Å². The van der Waals surface area contributed by atoms with E-state index in [0.29, 0.717) is 11.3 Å². The van der Waals surface area contributed by atoms with Gasteiger partial charge in [0.15, 0.2) is 4.96 Å². The van der Waals surface area contributed by atoms with Gasteiger partial charge >= 0.3 is 11.9 Å². The van der Waals surface area contributed by atoms with E-state index in [9.17, 15) is 9.59 Å². The van der Waals surface area contributed by atoms with Crippen molar-refractivity contribution in [1.82, 2.24) is 9.38 Å². The predicted molar refractivity (Wildman–Crippen MR) is 94.3 cm³/mol. The summed E-state index contributed by atoms with van der Waals surface area (Å²) in [6, 6.07) is 12.4. The Bertz CT molecular complexity index is 1140. The molecule has 2 aromatic heterocycles. The highest BCUT2D eigenvalue weighted by Crippen LogP contribution is 2.34. The Labute approximate surface area is 145 Å². The smallest absolute Gasteiger partial charge is 0.335 e. The van der Waals surface area contributed by atoms with Gasteiger partial charge in [-0.1, -0.05) is 23.5 Å². The number of nitrogens with zero attached hydrogens (tertiary/aromatic N) is 2. The van der Waals surface area contributed by atoms with Crippen LogP contribution in [0.1, 0.15) is 17.3 Å². The maximum atomic E-state index is 11.4. The van der Waals surface area contributed by atoms with Crippen molar-refractivity contribution in [2.24, 2.45) is 0 Å². The van der Waals surface area contributed by atoms with Crippen molar-refractivity contribution in [3.8, 4) is 17.0 Å². The first kappa shape index (κ1) is 15.3. The van der Waals surface area contributed by atoms with Crippen LogP contribution >= 0.6 is 11.3 Å². The number of carboxylic acid groups (broad SMARTS) is 1. The molecule has 2 aromatic carbocycles. The standard InChI is InChI=1S/C18H12N2O4S/c1-10(21)24-15-8-11(17(22)23)6-7-12(15)13-9-20-14-4-2-3-5-16(14)25-18(20)19-13/h2-9H,1H3,(H,22,23). The van der Waals surface area contributed by atoms with Crippen LogP contribution in [0.25, 0.3) is 26.4 Å². The van der Waals surface area contributed by atoms with Gasteiger partial charge in [0.25, 0.3) is 0 Å². The Morgan fingerprint density at radius 2 is 2.00 bits per heavy atom. The number of fused-ring (bicyclic) bond motifs is 3. The first-order valence-corrected chi connectivity index (χ1v) is 8.27. The monoisotopic (exact) mass is 352 g/mol. The molecule has 0 radical (unpaired) electrons. The van der Waals surface area contributed by atoms with E-state index in [1.165, 1.54) is 19.1 Å². The van der Waals surface area contributed by atoms with Gasteiger partial charge in [0.2, 0.25) is 0 Å². The van der Waals surface area contributed by atoms with E-state index in [-0.39, 0.29) is 11.3 Å². The maximum absolute atomic E-state index is 11.4. The predicted octanol–water partition coefficient (Wildman–Crippen LogP) is 3.84. The summed E-state index contributed by atoms with van der Waals surface area (Å²) in [5, 5.41) is 9.15. The molecule has 0 aliphatic heterocycles. The van der Waals surface area contributed by atoms with Gasteiger partial charge in [-0.05, 0) is 30.3 Å². The fourth-order valence-electron chi connectivity index (χ4n) is 2.68.